The minimum absolute atomic E-state index is 0.174. The monoisotopic (exact) mass is 271 g/mol. The molecule has 0 atom stereocenters. The Bertz CT molecular complexity index is 552. The summed E-state index contributed by atoms with van der Waals surface area (Å²) in [6.45, 7) is 4.79. The second-order valence-electron chi connectivity index (χ2n) is 4.86. The molecule has 0 unspecified atom stereocenters. The van der Waals surface area contributed by atoms with Crippen molar-refractivity contribution in [2.24, 2.45) is 0 Å². The quantitative estimate of drug-likeness (QED) is 0.858. The van der Waals surface area contributed by atoms with Gasteiger partial charge in [-0.05, 0) is 32.0 Å². The molecular weight excluding hydrogens is 250 g/mol. The number of rotatable bonds is 6. The van der Waals surface area contributed by atoms with Gasteiger partial charge in [-0.25, -0.2) is 0 Å². The smallest absolute Gasteiger partial charge is 0.124 e. The van der Waals surface area contributed by atoms with E-state index in [0.717, 1.165) is 29.3 Å². The molecule has 0 aliphatic carbocycles. The molecule has 0 saturated carbocycles. The van der Waals surface area contributed by atoms with E-state index in [1.807, 2.05) is 56.3 Å². The second-order valence-corrected chi connectivity index (χ2v) is 4.86. The summed E-state index contributed by atoms with van der Waals surface area (Å²) in [5, 5.41) is 3.39. The number of methoxy groups -OCH3 is 1. The maximum atomic E-state index is 5.81. The minimum Gasteiger partial charge on any atom is -0.497 e. The van der Waals surface area contributed by atoms with Crippen LogP contribution in [-0.4, -0.2) is 13.2 Å². The molecule has 0 bridgehead atoms. The van der Waals surface area contributed by atoms with Gasteiger partial charge in [0, 0.05) is 23.9 Å². The summed E-state index contributed by atoms with van der Waals surface area (Å²) >= 11 is 0. The Balaban J connectivity index is 2.06. The first kappa shape index (κ1) is 14.3. The van der Waals surface area contributed by atoms with Crippen molar-refractivity contribution in [2.45, 2.75) is 26.5 Å². The van der Waals surface area contributed by atoms with Gasteiger partial charge in [0.25, 0.3) is 0 Å². The Labute approximate surface area is 120 Å². The summed E-state index contributed by atoms with van der Waals surface area (Å²) in [5.41, 5.74) is 2.17. The lowest BCUT2D eigenvalue weighted by Crippen LogP contribution is -2.09. The van der Waals surface area contributed by atoms with Gasteiger partial charge in [0.15, 0.2) is 0 Å². The summed E-state index contributed by atoms with van der Waals surface area (Å²) in [7, 11) is 1.67. The van der Waals surface area contributed by atoms with Gasteiger partial charge in [-0.3, -0.25) is 0 Å². The Kier molecular flexibility index (Phi) is 4.88. The lowest BCUT2D eigenvalue weighted by atomic mass is 10.2. The predicted octanol–water partition coefficient (Wildman–Crippen LogP) is 4.09. The van der Waals surface area contributed by atoms with E-state index in [4.69, 9.17) is 9.47 Å². The largest absolute Gasteiger partial charge is 0.497 e. The van der Waals surface area contributed by atoms with Gasteiger partial charge in [0.1, 0.15) is 11.5 Å². The lowest BCUT2D eigenvalue weighted by Gasteiger charge is -2.15. The number of para-hydroxylation sites is 1. The zero-order valence-electron chi connectivity index (χ0n) is 12.2. The molecule has 2 rings (SSSR count). The molecule has 3 heteroatoms. The summed E-state index contributed by atoms with van der Waals surface area (Å²) in [6, 6.07) is 16.0. The average molecular weight is 271 g/mol. The van der Waals surface area contributed by atoms with Crippen molar-refractivity contribution in [1.82, 2.24) is 0 Å². The number of anilines is 1. The molecule has 3 nitrogen and oxygen atoms in total. The van der Waals surface area contributed by atoms with E-state index < -0.39 is 0 Å². The SMILES string of the molecule is COc1cccc(NCc2ccccc2OC(C)C)c1. The third-order valence-corrected chi connectivity index (χ3v) is 2.89. The van der Waals surface area contributed by atoms with Crippen LogP contribution >= 0.6 is 0 Å². The zero-order chi connectivity index (χ0) is 14.4. The van der Waals surface area contributed by atoms with Gasteiger partial charge in [0.05, 0.1) is 13.2 Å². The van der Waals surface area contributed by atoms with Crippen LogP contribution in [0.5, 0.6) is 11.5 Å². The third kappa shape index (κ3) is 3.92. The Morgan fingerprint density at radius 3 is 2.60 bits per heavy atom. The molecule has 2 aromatic rings. The molecule has 0 aromatic heterocycles. The molecule has 0 amide bonds. The number of nitrogens with one attached hydrogen (secondary N) is 1. The molecule has 20 heavy (non-hydrogen) atoms. The first-order valence-electron chi connectivity index (χ1n) is 6.81. The van der Waals surface area contributed by atoms with E-state index in [1.165, 1.54) is 0 Å². The van der Waals surface area contributed by atoms with Gasteiger partial charge in [-0.1, -0.05) is 24.3 Å². The molecule has 0 aliphatic heterocycles. The molecule has 0 aliphatic rings. The van der Waals surface area contributed by atoms with Crippen LogP contribution in [0.4, 0.5) is 5.69 Å². The lowest BCUT2D eigenvalue weighted by molar-refractivity contribution is 0.240. The molecule has 0 saturated heterocycles. The standard InChI is InChI=1S/C17H21NO2/c1-13(2)20-17-10-5-4-7-14(17)12-18-15-8-6-9-16(11-15)19-3/h4-11,13,18H,12H2,1-3H3. The number of benzene rings is 2. The maximum Gasteiger partial charge on any atom is 0.124 e. The Morgan fingerprint density at radius 1 is 1.05 bits per heavy atom. The highest BCUT2D eigenvalue weighted by Crippen LogP contribution is 2.22. The molecule has 0 radical (unpaired) electrons. The molecule has 0 spiro atoms. The van der Waals surface area contributed by atoms with Crippen LogP contribution in [-0.2, 0) is 6.54 Å². The van der Waals surface area contributed by atoms with Crippen molar-refractivity contribution in [3.63, 3.8) is 0 Å². The molecule has 0 heterocycles. The Hall–Kier alpha value is -2.16. The van der Waals surface area contributed by atoms with Crippen molar-refractivity contribution in [3.05, 3.63) is 54.1 Å². The first-order chi connectivity index (χ1) is 9.69. The zero-order valence-corrected chi connectivity index (χ0v) is 12.2. The van der Waals surface area contributed by atoms with Crippen molar-refractivity contribution >= 4 is 5.69 Å². The fourth-order valence-corrected chi connectivity index (χ4v) is 1.95. The second kappa shape index (κ2) is 6.85. The molecule has 106 valence electrons. The highest BCUT2D eigenvalue weighted by molar-refractivity contribution is 5.49. The highest BCUT2D eigenvalue weighted by Gasteiger charge is 2.05. The fourth-order valence-electron chi connectivity index (χ4n) is 1.95. The Morgan fingerprint density at radius 2 is 1.85 bits per heavy atom. The molecule has 0 fully saturated rings. The van der Waals surface area contributed by atoms with Gasteiger partial charge in [0.2, 0.25) is 0 Å². The van der Waals surface area contributed by atoms with E-state index in [1.54, 1.807) is 7.11 Å². The summed E-state index contributed by atoms with van der Waals surface area (Å²) in [4.78, 5) is 0. The fraction of sp³-hybridized carbons (Fsp3) is 0.294. The van der Waals surface area contributed by atoms with E-state index in [0.29, 0.717) is 0 Å². The van der Waals surface area contributed by atoms with E-state index in [9.17, 15) is 0 Å². The molecule has 2 aromatic carbocycles. The number of hydrogen-bond donors (Lipinski definition) is 1. The number of hydrogen-bond acceptors (Lipinski definition) is 3. The van der Waals surface area contributed by atoms with Crippen LogP contribution in [0.1, 0.15) is 19.4 Å². The van der Waals surface area contributed by atoms with Crippen molar-refractivity contribution < 1.29 is 9.47 Å². The minimum atomic E-state index is 0.174. The van der Waals surface area contributed by atoms with Gasteiger partial charge in [-0.2, -0.15) is 0 Å². The van der Waals surface area contributed by atoms with Gasteiger partial charge < -0.3 is 14.8 Å². The van der Waals surface area contributed by atoms with E-state index in [2.05, 4.69) is 11.4 Å². The normalized spacial score (nSPS) is 10.4. The molecule has 1 N–H and O–H groups in total. The van der Waals surface area contributed by atoms with Crippen molar-refractivity contribution in [3.8, 4) is 11.5 Å². The first-order valence-corrected chi connectivity index (χ1v) is 6.81. The van der Waals surface area contributed by atoms with E-state index in [-0.39, 0.29) is 6.10 Å². The average Bonchev–Trinajstić information content (AvgIpc) is 2.46. The summed E-state index contributed by atoms with van der Waals surface area (Å²) in [6.07, 6.45) is 0.174. The maximum absolute atomic E-state index is 5.81. The topological polar surface area (TPSA) is 30.5 Å². The van der Waals surface area contributed by atoms with Crippen LogP contribution in [0.3, 0.4) is 0 Å². The number of ether oxygens (including phenoxy) is 2. The molecular formula is C17H21NO2. The summed E-state index contributed by atoms with van der Waals surface area (Å²) < 4.78 is 11.0. The van der Waals surface area contributed by atoms with E-state index >= 15 is 0 Å². The van der Waals surface area contributed by atoms with Gasteiger partial charge >= 0.3 is 0 Å². The van der Waals surface area contributed by atoms with Crippen molar-refractivity contribution in [1.29, 1.82) is 0 Å². The van der Waals surface area contributed by atoms with Gasteiger partial charge in [-0.15, -0.1) is 0 Å². The van der Waals surface area contributed by atoms with Crippen LogP contribution in [0.15, 0.2) is 48.5 Å². The van der Waals surface area contributed by atoms with Crippen LogP contribution in [0.25, 0.3) is 0 Å². The predicted molar refractivity (Wildman–Crippen MR) is 82.5 cm³/mol. The highest BCUT2D eigenvalue weighted by atomic mass is 16.5. The van der Waals surface area contributed by atoms with Crippen LogP contribution < -0.4 is 14.8 Å². The van der Waals surface area contributed by atoms with Crippen LogP contribution in [0, 0.1) is 0 Å². The van der Waals surface area contributed by atoms with Crippen LogP contribution in [0.2, 0.25) is 0 Å². The third-order valence-electron chi connectivity index (χ3n) is 2.89. The summed E-state index contributed by atoms with van der Waals surface area (Å²) in [5.74, 6) is 1.78. The van der Waals surface area contributed by atoms with Crippen molar-refractivity contribution in [2.75, 3.05) is 12.4 Å².